The molecule has 2 aromatic rings. The minimum atomic E-state index is -3.40. The van der Waals surface area contributed by atoms with Crippen molar-refractivity contribution in [3.63, 3.8) is 0 Å². The molecule has 0 aliphatic carbocycles. The molecule has 4 nitrogen and oxygen atoms in total. The zero-order valence-corrected chi connectivity index (χ0v) is 13.9. The molecule has 1 N–H and O–H groups in total. The number of ether oxygens (including phenoxy) is 1. The third kappa shape index (κ3) is 4.32. The summed E-state index contributed by atoms with van der Waals surface area (Å²) in [5, 5.41) is 0. The lowest BCUT2D eigenvalue weighted by molar-refractivity contribution is 0.414. The van der Waals surface area contributed by atoms with Gasteiger partial charge in [0.25, 0.3) is 0 Å². The van der Waals surface area contributed by atoms with Crippen LogP contribution in [-0.2, 0) is 15.8 Å². The van der Waals surface area contributed by atoms with Crippen molar-refractivity contribution in [3.8, 4) is 5.75 Å². The molecule has 2 aromatic carbocycles. The van der Waals surface area contributed by atoms with E-state index < -0.39 is 10.0 Å². The molecule has 2 rings (SSSR count). The van der Waals surface area contributed by atoms with Crippen LogP contribution in [0.3, 0.4) is 0 Å². The van der Waals surface area contributed by atoms with Gasteiger partial charge in [0, 0.05) is 6.04 Å². The van der Waals surface area contributed by atoms with Gasteiger partial charge >= 0.3 is 0 Å². The van der Waals surface area contributed by atoms with Crippen LogP contribution in [0.25, 0.3) is 0 Å². The van der Waals surface area contributed by atoms with Crippen molar-refractivity contribution in [2.45, 2.75) is 25.6 Å². The maximum atomic E-state index is 12.3. The van der Waals surface area contributed by atoms with Gasteiger partial charge in [-0.15, -0.1) is 0 Å². The number of hydrogen-bond acceptors (Lipinski definition) is 3. The molecule has 0 aromatic heterocycles. The number of benzene rings is 2. The van der Waals surface area contributed by atoms with Crippen LogP contribution in [-0.4, -0.2) is 15.5 Å². The molecule has 0 aliphatic rings. The molecule has 5 heteroatoms. The molecule has 1 atom stereocenters. The fourth-order valence-corrected chi connectivity index (χ4v) is 3.74. The van der Waals surface area contributed by atoms with Crippen LogP contribution in [0.4, 0.5) is 0 Å². The van der Waals surface area contributed by atoms with Gasteiger partial charge in [-0.2, -0.15) is 0 Å². The highest BCUT2D eigenvalue weighted by Crippen LogP contribution is 2.19. The Bertz CT molecular complexity index is 724. The van der Waals surface area contributed by atoms with Crippen LogP contribution in [0.5, 0.6) is 5.75 Å². The Morgan fingerprint density at radius 3 is 2.32 bits per heavy atom. The van der Waals surface area contributed by atoms with Gasteiger partial charge in [0.2, 0.25) is 10.0 Å². The molecule has 0 saturated heterocycles. The summed E-state index contributed by atoms with van der Waals surface area (Å²) in [5.41, 5.74) is 2.69. The van der Waals surface area contributed by atoms with Crippen molar-refractivity contribution in [1.29, 1.82) is 0 Å². The first-order chi connectivity index (χ1) is 10.4. The van der Waals surface area contributed by atoms with Crippen molar-refractivity contribution in [1.82, 2.24) is 4.72 Å². The van der Waals surface area contributed by atoms with Crippen molar-refractivity contribution >= 4 is 10.0 Å². The van der Waals surface area contributed by atoms with E-state index in [0.29, 0.717) is 0 Å². The SMILES string of the molecule is COc1ccc([C@@H](C)NS(=O)(=O)Cc2ccccc2C)cc1. The standard InChI is InChI=1S/C17H21NO3S/c1-13-6-4-5-7-16(13)12-22(19,20)18-14(2)15-8-10-17(21-3)11-9-15/h4-11,14,18H,12H2,1-3H3/t14-/m1/s1. The van der Waals surface area contributed by atoms with E-state index in [1.54, 1.807) is 7.11 Å². The summed E-state index contributed by atoms with van der Waals surface area (Å²) in [6.07, 6.45) is 0. The molecule has 0 amide bonds. The molecule has 0 aliphatic heterocycles. The first-order valence-corrected chi connectivity index (χ1v) is 8.75. The second-order valence-electron chi connectivity index (χ2n) is 5.30. The molecular weight excluding hydrogens is 298 g/mol. The summed E-state index contributed by atoms with van der Waals surface area (Å²) in [6, 6.07) is 14.6. The van der Waals surface area contributed by atoms with E-state index >= 15 is 0 Å². The van der Waals surface area contributed by atoms with Crippen molar-refractivity contribution in [3.05, 3.63) is 65.2 Å². The molecule has 118 valence electrons. The van der Waals surface area contributed by atoms with Crippen LogP contribution >= 0.6 is 0 Å². The smallest absolute Gasteiger partial charge is 0.216 e. The van der Waals surface area contributed by atoms with E-state index in [9.17, 15) is 8.42 Å². The predicted octanol–water partition coefficient (Wildman–Crippen LogP) is 3.18. The highest BCUT2D eigenvalue weighted by atomic mass is 32.2. The van der Waals surface area contributed by atoms with E-state index in [1.807, 2.05) is 62.4 Å². The number of nitrogens with one attached hydrogen (secondary N) is 1. The summed E-state index contributed by atoms with van der Waals surface area (Å²) < 4.78 is 32.5. The molecule has 0 bridgehead atoms. The van der Waals surface area contributed by atoms with Crippen molar-refractivity contribution < 1.29 is 13.2 Å². The summed E-state index contributed by atoms with van der Waals surface area (Å²) >= 11 is 0. The molecule has 0 radical (unpaired) electrons. The molecule has 22 heavy (non-hydrogen) atoms. The van der Waals surface area contributed by atoms with E-state index in [2.05, 4.69) is 4.72 Å². The summed E-state index contributed by atoms with van der Waals surface area (Å²) in [7, 11) is -1.80. The van der Waals surface area contributed by atoms with Gasteiger partial charge in [-0.1, -0.05) is 36.4 Å². The second-order valence-corrected chi connectivity index (χ2v) is 7.05. The Balaban J connectivity index is 2.09. The number of rotatable bonds is 6. The van der Waals surface area contributed by atoms with Crippen molar-refractivity contribution in [2.24, 2.45) is 0 Å². The van der Waals surface area contributed by atoms with Crippen LogP contribution in [0.1, 0.15) is 29.7 Å². The van der Waals surface area contributed by atoms with Crippen LogP contribution < -0.4 is 9.46 Å². The first-order valence-electron chi connectivity index (χ1n) is 7.10. The summed E-state index contributed by atoms with van der Waals surface area (Å²) in [4.78, 5) is 0. The fourth-order valence-electron chi connectivity index (χ4n) is 2.25. The topological polar surface area (TPSA) is 55.4 Å². The predicted molar refractivity (Wildman–Crippen MR) is 88.3 cm³/mol. The maximum absolute atomic E-state index is 12.3. The highest BCUT2D eigenvalue weighted by molar-refractivity contribution is 7.88. The van der Waals surface area contributed by atoms with E-state index in [0.717, 1.165) is 22.4 Å². The van der Waals surface area contributed by atoms with E-state index in [1.165, 1.54) is 0 Å². The Morgan fingerprint density at radius 1 is 1.09 bits per heavy atom. The quantitative estimate of drug-likeness (QED) is 0.889. The average molecular weight is 319 g/mol. The average Bonchev–Trinajstić information content (AvgIpc) is 2.49. The van der Waals surface area contributed by atoms with Crippen LogP contribution in [0.2, 0.25) is 0 Å². The number of aryl methyl sites for hydroxylation is 1. The first kappa shape index (κ1) is 16.5. The van der Waals surface area contributed by atoms with Gasteiger partial charge in [-0.25, -0.2) is 13.1 Å². The molecule has 0 spiro atoms. The van der Waals surface area contributed by atoms with E-state index in [4.69, 9.17) is 4.74 Å². The largest absolute Gasteiger partial charge is 0.497 e. The lowest BCUT2D eigenvalue weighted by Crippen LogP contribution is -2.28. The molecule has 0 saturated carbocycles. The Morgan fingerprint density at radius 2 is 1.73 bits per heavy atom. The molecule has 0 unspecified atom stereocenters. The minimum Gasteiger partial charge on any atom is -0.497 e. The van der Waals surface area contributed by atoms with Gasteiger partial charge in [0.15, 0.2) is 0 Å². The number of sulfonamides is 1. The highest BCUT2D eigenvalue weighted by Gasteiger charge is 2.17. The van der Waals surface area contributed by atoms with Gasteiger partial charge in [0.05, 0.1) is 12.9 Å². The molecule has 0 fully saturated rings. The Labute approximate surface area is 132 Å². The monoisotopic (exact) mass is 319 g/mol. The van der Waals surface area contributed by atoms with Crippen LogP contribution in [0.15, 0.2) is 48.5 Å². The molecular formula is C17H21NO3S. The normalized spacial score (nSPS) is 12.9. The third-order valence-corrected chi connectivity index (χ3v) is 4.98. The van der Waals surface area contributed by atoms with Gasteiger partial charge in [-0.05, 0) is 42.7 Å². The van der Waals surface area contributed by atoms with E-state index in [-0.39, 0.29) is 11.8 Å². The van der Waals surface area contributed by atoms with Gasteiger partial charge in [0.1, 0.15) is 5.75 Å². The Kier molecular flexibility index (Phi) is 5.21. The number of methoxy groups -OCH3 is 1. The summed E-state index contributed by atoms with van der Waals surface area (Å²) in [5.74, 6) is 0.735. The van der Waals surface area contributed by atoms with Gasteiger partial charge in [-0.3, -0.25) is 0 Å². The van der Waals surface area contributed by atoms with Crippen molar-refractivity contribution in [2.75, 3.05) is 7.11 Å². The lowest BCUT2D eigenvalue weighted by atomic mass is 10.1. The van der Waals surface area contributed by atoms with Gasteiger partial charge < -0.3 is 4.74 Å². The molecule has 0 heterocycles. The fraction of sp³-hybridized carbons (Fsp3) is 0.294. The zero-order valence-electron chi connectivity index (χ0n) is 13.0. The second kappa shape index (κ2) is 6.94. The third-order valence-electron chi connectivity index (χ3n) is 3.58. The minimum absolute atomic E-state index is 0.0137. The lowest BCUT2D eigenvalue weighted by Gasteiger charge is -2.15. The van der Waals surface area contributed by atoms with Crippen LogP contribution in [0, 0.1) is 6.92 Å². The zero-order chi connectivity index (χ0) is 16.2. The Hall–Kier alpha value is -1.85. The number of hydrogen-bond donors (Lipinski definition) is 1. The maximum Gasteiger partial charge on any atom is 0.216 e. The summed E-state index contributed by atoms with van der Waals surface area (Å²) in [6.45, 7) is 3.75.